The fourth-order valence-corrected chi connectivity index (χ4v) is 3.15. The third kappa shape index (κ3) is 4.23. The Morgan fingerprint density at radius 2 is 1.75 bits per heavy atom. The van der Waals surface area contributed by atoms with Crippen molar-refractivity contribution < 1.29 is 13.2 Å². The zero-order valence-electron chi connectivity index (χ0n) is 13.1. The fourth-order valence-electron chi connectivity index (χ4n) is 2.11. The van der Waals surface area contributed by atoms with Gasteiger partial charge in [-0.2, -0.15) is 0 Å². The molecule has 8 heteroatoms. The van der Waals surface area contributed by atoms with Gasteiger partial charge in [-0.3, -0.25) is 9.52 Å². The molecule has 1 fully saturated rings. The zero-order valence-corrected chi connectivity index (χ0v) is 13.9. The molecule has 3 N–H and O–H groups in total. The summed E-state index contributed by atoms with van der Waals surface area (Å²) in [6.07, 6.45) is 3.77. The highest BCUT2D eigenvalue weighted by Crippen LogP contribution is 2.24. The summed E-state index contributed by atoms with van der Waals surface area (Å²) < 4.78 is 27.2. The van der Waals surface area contributed by atoms with E-state index in [4.69, 9.17) is 0 Å². The van der Waals surface area contributed by atoms with Gasteiger partial charge in [0, 0.05) is 18.7 Å². The van der Waals surface area contributed by atoms with Crippen molar-refractivity contribution in [3.8, 4) is 0 Å². The molecule has 1 aromatic carbocycles. The van der Waals surface area contributed by atoms with Crippen molar-refractivity contribution in [1.29, 1.82) is 0 Å². The maximum atomic E-state index is 12.4. The van der Waals surface area contributed by atoms with Crippen molar-refractivity contribution >= 4 is 33.1 Å². The number of rotatable bonds is 6. The highest BCUT2D eigenvalue weighted by Gasteiger charge is 2.21. The van der Waals surface area contributed by atoms with Crippen LogP contribution in [0, 0.1) is 0 Å². The average molecular weight is 346 g/mol. The van der Waals surface area contributed by atoms with Gasteiger partial charge in [-0.15, -0.1) is 0 Å². The second-order valence-corrected chi connectivity index (χ2v) is 7.34. The molecule has 126 valence electrons. The SMILES string of the molecule is CC(=O)Nc1ccc(S(=O)(=O)Nc2ccc(NC3CC3)nc2)cc1. The first-order chi connectivity index (χ1) is 11.4. The fraction of sp³-hybridized carbons (Fsp3) is 0.250. The number of hydrogen-bond donors (Lipinski definition) is 3. The van der Waals surface area contributed by atoms with Gasteiger partial charge in [-0.05, 0) is 49.2 Å². The van der Waals surface area contributed by atoms with E-state index in [1.807, 2.05) is 0 Å². The van der Waals surface area contributed by atoms with Gasteiger partial charge in [-0.1, -0.05) is 0 Å². The molecule has 0 radical (unpaired) electrons. The Morgan fingerprint density at radius 1 is 1.08 bits per heavy atom. The lowest BCUT2D eigenvalue weighted by Gasteiger charge is -2.10. The first-order valence-corrected chi connectivity index (χ1v) is 9.04. The van der Waals surface area contributed by atoms with Gasteiger partial charge in [0.1, 0.15) is 5.82 Å². The molecule has 24 heavy (non-hydrogen) atoms. The van der Waals surface area contributed by atoms with Crippen molar-refractivity contribution in [2.75, 3.05) is 15.4 Å². The van der Waals surface area contributed by atoms with Crippen LogP contribution in [-0.4, -0.2) is 25.4 Å². The predicted octanol–water partition coefficient (Wildman–Crippen LogP) is 2.42. The van der Waals surface area contributed by atoms with Crippen LogP contribution < -0.4 is 15.4 Å². The van der Waals surface area contributed by atoms with Crippen molar-refractivity contribution in [3.63, 3.8) is 0 Å². The van der Waals surface area contributed by atoms with Crippen molar-refractivity contribution in [1.82, 2.24) is 4.98 Å². The molecule has 0 unspecified atom stereocenters. The summed E-state index contributed by atoms with van der Waals surface area (Å²) >= 11 is 0. The molecule has 0 spiro atoms. The third-order valence-electron chi connectivity index (χ3n) is 3.43. The van der Waals surface area contributed by atoms with E-state index in [2.05, 4.69) is 20.3 Å². The summed E-state index contributed by atoms with van der Waals surface area (Å²) in [5.74, 6) is 0.523. The van der Waals surface area contributed by atoms with Gasteiger partial charge >= 0.3 is 0 Å². The molecule has 3 rings (SSSR count). The molecule has 1 aliphatic rings. The molecule has 7 nitrogen and oxygen atoms in total. The predicted molar refractivity (Wildman–Crippen MR) is 92.4 cm³/mol. The monoisotopic (exact) mass is 346 g/mol. The first-order valence-electron chi connectivity index (χ1n) is 7.55. The minimum Gasteiger partial charge on any atom is -0.367 e. The molecule has 1 saturated carbocycles. The molecule has 1 heterocycles. The normalized spacial score (nSPS) is 14.0. The van der Waals surface area contributed by atoms with Crippen LogP contribution in [-0.2, 0) is 14.8 Å². The lowest BCUT2D eigenvalue weighted by Crippen LogP contribution is -2.13. The molecule has 1 aliphatic carbocycles. The van der Waals surface area contributed by atoms with E-state index in [9.17, 15) is 13.2 Å². The molecule has 1 amide bonds. The summed E-state index contributed by atoms with van der Waals surface area (Å²) in [5.41, 5.74) is 0.931. The lowest BCUT2D eigenvalue weighted by molar-refractivity contribution is -0.114. The molecule has 0 aliphatic heterocycles. The smallest absolute Gasteiger partial charge is 0.261 e. The Hall–Kier alpha value is -2.61. The molecule has 2 aromatic rings. The summed E-state index contributed by atoms with van der Waals surface area (Å²) in [6.45, 7) is 1.39. The van der Waals surface area contributed by atoms with Crippen LogP contribution in [0.15, 0.2) is 47.5 Å². The third-order valence-corrected chi connectivity index (χ3v) is 4.83. The molecule has 0 saturated heterocycles. The van der Waals surface area contributed by atoms with Crippen LogP contribution in [0.3, 0.4) is 0 Å². The van der Waals surface area contributed by atoms with Gasteiger partial charge in [0.15, 0.2) is 0 Å². The Morgan fingerprint density at radius 3 is 2.29 bits per heavy atom. The van der Waals surface area contributed by atoms with Crippen molar-refractivity contribution in [2.24, 2.45) is 0 Å². The summed E-state index contributed by atoms with van der Waals surface area (Å²) in [4.78, 5) is 15.3. The summed E-state index contributed by atoms with van der Waals surface area (Å²) in [7, 11) is -3.71. The zero-order chi connectivity index (χ0) is 17.2. The molecular weight excluding hydrogens is 328 g/mol. The van der Waals surface area contributed by atoms with Crippen molar-refractivity contribution in [2.45, 2.75) is 30.7 Å². The maximum Gasteiger partial charge on any atom is 0.261 e. The number of anilines is 3. The van der Waals surface area contributed by atoms with E-state index < -0.39 is 10.0 Å². The quantitative estimate of drug-likeness (QED) is 0.746. The Bertz CT molecular complexity index is 829. The van der Waals surface area contributed by atoms with Crippen LogP contribution in [0.1, 0.15) is 19.8 Å². The van der Waals surface area contributed by atoms with Crippen LogP contribution in [0.2, 0.25) is 0 Å². The van der Waals surface area contributed by atoms with Crippen LogP contribution in [0.5, 0.6) is 0 Å². The van der Waals surface area contributed by atoms with Crippen LogP contribution >= 0.6 is 0 Å². The maximum absolute atomic E-state index is 12.4. The van der Waals surface area contributed by atoms with E-state index in [1.165, 1.54) is 37.4 Å². The van der Waals surface area contributed by atoms with Crippen molar-refractivity contribution in [3.05, 3.63) is 42.6 Å². The number of amides is 1. The van der Waals surface area contributed by atoms with Gasteiger partial charge in [0.05, 0.1) is 16.8 Å². The van der Waals surface area contributed by atoms with E-state index in [0.29, 0.717) is 17.4 Å². The molecule has 0 atom stereocenters. The number of aromatic nitrogens is 1. The van der Waals surface area contributed by atoms with Gasteiger partial charge < -0.3 is 10.6 Å². The van der Waals surface area contributed by atoms with Gasteiger partial charge in [0.2, 0.25) is 5.91 Å². The van der Waals surface area contributed by atoms with E-state index in [0.717, 1.165) is 18.7 Å². The second kappa shape index (κ2) is 6.48. The number of nitrogens with zero attached hydrogens (tertiary/aromatic N) is 1. The Labute approximate surface area is 140 Å². The van der Waals surface area contributed by atoms with E-state index >= 15 is 0 Å². The number of nitrogens with one attached hydrogen (secondary N) is 3. The number of sulfonamides is 1. The minimum absolute atomic E-state index is 0.108. The van der Waals surface area contributed by atoms with Gasteiger partial charge in [0.25, 0.3) is 10.0 Å². The van der Waals surface area contributed by atoms with Crippen LogP contribution in [0.4, 0.5) is 17.2 Å². The second-order valence-electron chi connectivity index (χ2n) is 5.66. The number of pyridine rings is 1. The minimum atomic E-state index is -3.71. The summed E-state index contributed by atoms with van der Waals surface area (Å²) in [5, 5.41) is 5.83. The highest BCUT2D eigenvalue weighted by molar-refractivity contribution is 7.92. The molecule has 0 bridgehead atoms. The Balaban J connectivity index is 1.69. The van der Waals surface area contributed by atoms with Gasteiger partial charge in [-0.25, -0.2) is 13.4 Å². The number of benzene rings is 1. The van der Waals surface area contributed by atoms with E-state index in [-0.39, 0.29) is 10.8 Å². The average Bonchev–Trinajstić information content (AvgIpc) is 3.33. The number of hydrogen-bond acceptors (Lipinski definition) is 5. The Kier molecular flexibility index (Phi) is 4.39. The van der Waals surface area contributed by atoms with Crippen LogP contribution in [0.25, 0.3) is 0 Å². The largest absolute Gasteiger partial charge is 0.367 e. The molecule has 1 aromatic heterocycles. The summed E-state index contributed by atoms with van der Waals surface area (Å²) in [6, 6.07) is 9.85. The lowest BCUT2D eigenvalue weighted by atomic mass is 10.3. The highest BCUT2D eigenvalue weighted by atomic mass is 32.2. The number of carbonyl (C=O) groups is 1. The topological polar surface area (TPSA) is 100 Å². The standard InChI is InChI=1S/C16H18N4O3S/c1-11(21)18-12-4-7-15(8-5-12)24(22,23)20-14-6-9-16(17-10-14)19-13-2-3-13/h4-10,13,20H,2-3H2,1H3,(H,17,19)(H,18,21). The van der Waals surface area contributed by atoms with E-state index in [1.54, 1.807) is 12.1 Å². The first kappa shape index (κ1) is 16.3. The number of carbonyl (C=O) groups excluding carboxylic acids is 1. The molecular formula is C16H18N4O3S.